The molecule has 0 bridgehead atoms. The van der Waals surface area contributed by atoms with E-state index in [-0.39, 0.29) is 17.3 Å². The first kappa shape index (κ1) is 20.7. The van der Waals surface area contributed by atoms with Crippen LogP contribution < -0.4 is 10.1 Å². The lowest BCUT2D eigenvalue weighted by atomic mass is 9.92. The second-order valence-corrected chi connectivity index (χ2v) is 7.74. The van der Waals surface area contributed by atoms with Crippen molar-refractivity contribution in [3.05, 3.63) is 57.5 Å². The van der Waals surface area contributed by atoms with Gasteiger partial charge in [-0.2, -0.15) is 11.3 Å². The molecule has 0 atom stereocenters. The van der Waals surface area contributed by atoms with Gasteiger partial charge in [0.1, 0.15) is 18.1 Å². The molecule has 158 valence electrons. The lowest BCUT2D eigenvalue weighted by Gasteiger charge is -2.20. The molecule has 8 heteroatoms. The summed E-state index contributed by atoms with van der Waals surface area (Å²) < 4.78 is 10.8. The fraction of sp³-hybridized carbons (Fsp3) is 0.217. The van der Waals surface area contributed by atoms with E-state index in [4.69, 9.17) is 9.47 Å². The van der Waals surface area contributed by atoms with Crippen LogP contribution in [0.1, 0.15) is 50.2 Å². The molecule has 4 rings (SSSR count). The van der Waals surface area contributed by atoms with E-state index in [1.54, 1.807) is 29.5 Å². The minimum absolute atomic E-state index is 0.0401. The van der Waals surface area contributed by atoms with Crippen molar-refractivity contribution in [1.29, 1.82) is 0 Å². The fourth-order valence-electron chi connectivity index (χ4n) is 3.47. The number of thiophene rings is 1. The highest BCUT2D eigenvalue weighted by atomic mass is 32.1. The lowest BCUT2D eigenvalue weighted by Crippen LogP contribution is -2.25. The van der Waals surface area contributed by atoms with E-state index in [1.165, 1.54) is 13.2 Å². The normalized spacial score (nSPS) is 11.7. The first-order valence-electron chi connectivity index (χ1n) is 9.76. The zero-order valence-electron chi connectivity index (χ0n) is 17.1. The van der Waals surface area contributed by atoms with Gasteiger partial charge in [0.05, 0.1) is 7.11 Å². The minimum Gasteiger partial charge on any atom is -0.488 e. The molecule has 1 amide bonds. The maximum absolute atomic E-state index is 12.5. The van der Waals surface area contributed by atoms with Gasteiger partial charge in [-0.15, -0.1) is 0 Å². The molecular formula is C23H20N2O5S. The van der Waals surface area contributed by atoms with Crippen LogP contribution in [0.4, 0.5) is 0 Å². The van der Waals surface area contributed by atoms with Gasteiger partial charge >= 0.3 is 5.97 Å². The molecule has 1 aromatic carbocycles. The van der Waals surface area contributed by atoms with Gasteiger partial charge in [-0.3, -0.25) is 9.59 Å². The number of rotatable bonds is 6. The standard InChI is InChI=1S/C23H20N2O5S/c1-3-6-24-22(27)19-5-4-15(21(25-19)23(28)29-2)16-8-20-17(7-13(16)9-26)18-12-31-11-14(18)10-30-20/h4-5,7-9,11-12H,3,6,10H2,1-2H3,(H,24,27). The molecule has 0 fully saturated rings. The summed E-state index contributed by atoms with van der Waals surface area (Å²) in [6.07, 6.45) is 1.51. The van der Waals surface area contributed by atoms with Crippen LogP contribution in [0.15, 0.2) is 35.0 Å². The number of hydrogen-bond donors (Lipinski definition) is 1. The molecular weight excluding hydrogens is 416 g/mol. The maximum atomic E-state index is 12.5. The highest BCUT2D eigenvalue weighted by Crippen LogP contribution is 2.43. The van der Waals surface area contributed by atoms with Crippen molar-refractivity contribution in [2.24, 2.45) is 0 Å². The number of carbonyl (C=O) groups excluding carboxylic acids is 3. The van der Waals surface area contributed by atoms with Crippen molar-refractivity contribution in [3.63, 3.8) is 0 Å². The number of ether oxygens (including phenoxy) is 2. The summed E-state index contributed by atoms with van der Waals surface area (Å²) in [6, 6.07) is 6.62. The fourth-order valence-corrected chi connectivity index (χ4v) is 4.31. The highest BCUT2D eigenvalue weighted by Gasteiger charge is 2.25. The Kier molecular flexibility index (Phi) is 5.81. The summed E-state index contributed by atoms with van der Waals surface area (Å²) in [7, 11) is 1.24. The van der Waals surface area contributed by atoms with Gasteiger partial charge in [-0.25, -0.2) is 9.78 Å². The van der Waals surface area contributed by atoms with E-state index >= 15 is 0 Å². The van der Waals surface area contributed by atoms with E-state index in [9.17, 15) is 14.4 Å². The molecule has 3 aromatic rings. The van der Waals surface area contributed by atoms with Crippen molar-refractivity contribution >= 4 is 29.5 Å². The van der Waals surface area contributed by atoms with Crippen LogP contribution in [-0.4, -0.2) is 36.8 Å². The summed E-state index contributed by atoms with van der Waals surface area (Å²) in [6.45, 7) is 2.87. The molecule has 1 aliphatic heterocycles. The van der Waals surface area contributed by atoms with Gasteiger partial charge in [0, 0.05) is 34.4 Å². The molecule has 0 aliphatic carbocycles. The minimum atomic E-state index is -0.698. The van der Waals surface area contributed by atoms with Crippen LogP contribution in [0.5, 0.6) is 5.75 Å². The van der Waals surface area contributed by atoms with Gasteiger partial charge < -0.3 is 14.8 Å². The number of aromatic nitrogens is 1. The van der Waals surface area contributed by atoms with Gasteiger partial charge in [0.15, 0.2) is 12.0 Å². The average Bonchev–Trinajstić information content (AvgIpc) is 3.30. The monoisotopic (exact) mass is 436 g/mol. The Labute approximate surface area is 183 Å². The molecule has 2 aromatic heterocycles. The summed E-state index contributed by atoms with van der Waals surface area (Å²) in [4.78, 5) is 41.0. The number of nitrogens with zero attached hydrogens (tertiary/aromatic N) is 1. The molecule has 1 aliphatic rings. The summed E-state index contributed by atoms with van der Waals surface area (Å²) in [5, 5.41) is 6.78. The third-order valence-corrected chi connectivity index (χ3v) is 5.82. The predicted octanol–water partition coefficient (Wildman–Crippen LogP) is 4.11. The Hall–Kier alpha value is -3.52. The average molecular weight is 436 g/mol. The Morgan fingerprint density at radius 3 is 2.77 bits per heavy atom. The van der Waals surface area contributed by atoms with Crippen LogP contribution in [0.3, 0.4) is 0 Å². The molecule has 1 N–H and O–H groups in total. The zero-order valence-corrected chi connectivity index (χ0v) is 17.9. The van der Waals surface area contributed by atoms with E-state index in [0.29, 0.717) is 35.6 Å². The summed E-state index contributed by atoms with van der Waals surface area (Å²) in [5.41, 5.74) is 4.26. The third-order valence-electron chi connectivity index (χ3n) is 5.03. The van der Waals surface area contributed by atoms with E-state index < -0.39 is 5.97 Å². The number of methoxy groups -OCH3 is 1. The SMILES string of the molecule is CCCNC(=O)c1ccc(-c2cc3c(cc2C=O)-c2cscc2CO3)c(C(=O)OC)n1. The quantitative estimate of drug-likeness (QED) is 0.462. The number of hydrogen-bond acceptors (Lipinski definition) is 7. The van der Waals surface area contributed by atoms with Crippen molar-refractivity contribution in [2.75, 3.05) is 13.7 Å². The van der Waals surface area contributed by atoms with Crippen molar-refractivity contribution in [3.8, 4) is 28.0 Å². The van der Waals surface area contributed by atoms with Gasteiger partial charge in [0.25, 0.3) is 5.91 Å². The molecule has 0 saturated carbocycles. The van der Waals surface area contributed by atoms with E-state index in [0.717, 1.165) is 29.4 Å². The first-order chi connectivity index (χ1) is 15.1. The third kappa shape index (κ3) is 3.82. The van der Waals surface area contributed by atoms with Crippen molar-refractivity contribution in [2.45, 2.75) is 20.0 Å². The second-order valence-electron chi connectivity index (χ2n) is 6.99. The van der Waals surface area contributed by atoms with Crippen LogP contribution in [0, 0.1) is 0 Å². The molecule has 0 radical (unpaired) electrons. The predicted molar refractivity (Wildman–Crippen MR) is 117 cm³/mol. The Morgan fingerprint density at radius 1 is 1.19 bits per heavy atom. The van der Waals surface area contributed by atoms with Crippen LogP contribution in [0.2, 0.25) is 0 Å². The number of carbonyl (C=O) groups is 3. The van der Waals surface area contributed by atoms with E-state index in [2.05, 4.69) is 10.3 Å². The van der Waals surface area contributed by atoms with Gasteiger partial charge in [-0.05, 0) is 47.0 Å². The number of pyridine rings is 1. The number of nitrogens with one attached hydrogen (secondary N) is 1. The first-order valence-corrected chi connectivity index (χ1v) is 10.7. The second kappa shape index (κ2) is 8.69. The molecule has 3 heterocycles. The number of esters is 1. The number of aldehydes is 1. The van der Waals surface area contributed by atoms with Crippen molar-refractivity contribution < 1.29 is 23.9 Å². The molecule has 7 nitrogen and oxygen atoms in total. The Morgan fingerprint density at radius 2 is 2.03 bits per heavy atom. The van der Waals surface area contributed by atoms with Crippen LogP contribution >= 0.6 is 11.3 Å². The highest BCUT2D eigenvalue weighted by molar-refractivity contribution is 7.08. The van der Waals surface area contributed by atoms with Crippen LogP contribution in [0.25, 0.3) is 22.3 Å². The molecule has 31 heavy (non-hydrogen) atoms. The topological polar surface area (TPSA) is 94.6 Å². The summed E-state index contributed by atoms with van der Waals surface area (Å²) in [5.74, 6) is -0.462. The molecule has 0 unspecified atom stereocenters. The summed E-state index contributed by atoms with van der Waals surface area (Å²) >= 11 is 1.57. The van der Waals surface area contributed by atoms with E-state index in [1.807, 2.05) is 17.7 Å². The van der Waals surface area contributed by atoms with Gasteiger partial charge in [0.2, 0.25) is 0 Å². The molecule has 0 spiro atoms. The zero-order chi connectivity index (χ0) is 22.0. The Balaban J connectivity index is 1.85. The van der Waals surface area contributed by atoms with Gasteiger partial charge in [-0.1, -0.05) is 6.92 Å². The van der Waals surface area contributed by atoms with Crippen molar-refractivity contribution in [1.82, 2.24) is 10.3 Å². The van der Waals surface area contributed by atoms with Crippen LogP contribution in [-0.2, 0) is 11.3 Å². The number of fused-ring (bicyclic) bond motifs is 3. The maximum Gasteiger partial charge on any atom is 0.357 e. The smallest absolute Gasteiger partial charge is 0.357 e. The lowest BCUT2D eigenvalue weighted by molar-refractivity contribution is 0.0594. The number of benzene rings is 1. The number of amides is 1. The largest absolute Gasteiger partial charge is 0.488 e. The Bertz CT molecular complexity index is 1180. The molecule has 0 saturated heterocycles.